The number of amides is 4. The number of benzene rings is 3. The Kier molecular flexibility index (Phi) is 7.49. The molecule has 248 valence electrons. The van der Waals surface area contributed by atoms with Crippen molar-refractivity contribution in [3.8, 4) is 11.5 Å². The minimum atomic E-state index is -1.47. The van der Waals surface area contributed by atoms with Crippen LogP contribution in [0.25, 0.3) is 0 Å². The number of likely N-dealkylation sites (tertiary alicyclic amines) is 1. The molecule has 9 nitrogen and oxygen atoms in total. The molecular weight excluding hydrogens is 606 g/mol. The van der Waals surface area contributed by atoms with Gasteiger partial charge in [-0.2, -0.15) is 5.01 Å². The molecule has 2 aliphatic heterocycles. The maximum Gasteiger partial charge on any atom is 0.260 e. The van der Waals surface area contributed by atoms with E-state index >= 15 is 4.79 Å². The van der Waals surface area contributed by atoms with Gasteiger partial charge in [-0.3, -0.25) is 29.5 Å². The van der Waals surface area contributed by atoms with Gasteiger partial charge in [0, 0.05) is 17.0 Å². The minimum Gasteiger partial charge on any atom is -0.504 e. The van der Waals surface area contributed by atoms with Crippen LogP contribution in [0.1, 0.15) is 63.1 Å². The smallest absolute Gasteiger partial charge is 0.260 e. The van der Waals surface area contributed by atoms with Crippen molar-refractivity contribution >= 4 is 29.3 Å². The standard InChI is InChI=1S/C39H41N3O6/c1-6-48-30-14-10-13-27(33(30)43)32-25-19-20-26-31(36(46)41(34(26)44)38(3,4)5)28(25)21-29-35(45)42(40-24-17-15-22(2)16-18-24)37(47)39(29,32)23-11-8-7-9-12-23/h7-19,26,28-29,31-32,40,43H,6,20-21H2,1-5H3/t26-,28+,29-,31-,32+,39+/m0/s1. The Morgan fingerprint density at radius 1 is 0.896 bits per heavy atom. The number of imide groups is 2. The number of nitrogens with one attached hydrogen (secondary N) is 1. The molecule has 3 aromatic carbocycles. The highest BCUT2D eigenvalue weighted by molar-refractivity contribution is 6.13. The predicted molar refractivity (Wildman–Crippen MR) is 180 cm³/mol. The average molecular weight is 648 g/mol. The van der Waals surface area contributed by atoms with Crippen LogP contribution in [0, 0.1) is 30.6 Å². The average Bonchev–Trinajstić information content (AvgIpc) is 3.45. The second-order valence-electron chi connectivity index (χ2n) is 14.4. The number of hydrazine groups is 1. The van der Waals surface area contributed by atoms with Crippen molar-refractivity contribution in [2.75, 3.05) is 12.0 Å². The lowest BCUT2D eigenvalue weighted by molar-refractivity contribution is -0.146. The first-order valence-electron chi connectivity index (χ1n) is 16.7. The van der Waals surface area contributed by atoms with E-state index in [4.69, 9.17) is 4.74 Å². The summed E-state index contributed by atoms with van der Waals surface area (Å²) in [6, 6.07) is 21.9. The Balaban J connectivity index is 1.47. The van der Waals surface area contributed by atoms with E-state index < -0.39 is 52.4 Å². The molecule has 0 bridgehead atoms. The summed E-state index contributed by atoms with van der Waals surface area (Å²) in [6.07, 6.45) is 2.51. The zero-order chi connectivity index (χ0) is 34.1. The highest BCUT2D eigenvalue weighted by Crippen LogP contribution is 2.65. The molecule has 2 aliphatic carbocycles. The zero-order valence-corrected chi connectivity index (χ0v) is 27.9. The van der Waals surface area contributed by atoms with Crippen LogP contribution in [0.15, 0.2) is 84.4 Å². The lowest BCUT2D eigenvalue weighted by Crippen LogP contribution is -2.53. The van der Waals surface area contributed by atoms with Gasteiger partial charge in [-0.1, -0.05) is 71.8 Å². The summed E-state index contributed by atoms with van der Waals surface area (Å²) in [5.74, 6) is -4.66. The highest BCUT2D eigenvalue weighted by Gasteiger charge is 2.71. The van der Waals surface area contributed by atoms with E-state index in [0.717, 1.165) is 16.1 Å². The van der Waals surface area contributed by atoms with E-state index in [1.54, 1.807) is 18.2 Å². The second kappa shape index (κ2) is 11.4. The van der Waals surface area contributed by atoms with Gasteiger partial charge in [0.05, 0.1) is 35.5 Å². The lowest BCUT2D eigenvalue weighted by atomic mass is 9.49. The van der Waals surface area contributed by atoms with Crippen LogP contribution in [-0.2, 0) is 24.6 Å². The molecule has 2 N–H and O–H groups in total. The number of nitrogens with zero attached hydrogens (tertiary/aromatic N) is 2. The number of allylic oxidation sites excluding steroid dienone is 2. The van der Waals surface area contributed by atoms with Crippen LogP contribution in [0.5, 0.6) is 11.5 Å². The van der Waals surface area contributed by atoms with Crippen LogP contribution >= 0.6 is 0 Å². The normalized spacial score (nSPS) is 28.2. The molecule has 48 heavy (non-hydrogen) atoms. The van der Waals surface area contributed by atoms with Gasteiger partial charge in [-0.05, 0) is 77.1 Å². The first-order chi connectivity index (χ1) is 22.9. The molecule has 4 amide bonds. The maximum atomic E-state index is 15.2. The lowest BCUT2D eigenvalue weighted by Gasteiger charge is -2.50. The number of aryl methyl sites for hydroxylation is 1. The molecular formula is C39H41N3O6. The predicted octanol–water partition coefficient (Wildman–Crippen LogP) is 5.88. The molecule has 0 unspecified atom stereocenters. The van der Waals surface area contributed by atoms with Crippen LogP contribution in [-0.4, -0.2) is 50.8 Å². The van der Waals surface area contributed by atoms with Crippen molar-refractivity contribution in [1.29, 1.82) is 0 Å². The molecule has 0 aromatic heterocycles. The largest absolute Gasteiger partial charge is 0.504 e. The summed E-state index contributed by atoms with van der Waals surface area (Å²) in [5, 5.41) is 13.0. The fourth-order valence-corrected chi connectivity index (χ4v) is 8.80. The van der Waals surface area contributed by atoms with Gasteiger partial charge in [0.25, 0.3) is 11.8 Å². The molecule has 2 heterocycles. The monoisotopic (exact) mass is 647 g/mol. The van der Waals surface area contributed by atoms with Gasteiger partial charge in [0.2, 0.25) is 11.8 Å². The molecule has 4 aliphatic rings. The summed E-state index contributed by atoms with van der Waals surface area (Å²) in [6.45, 7) is 9.65. The number of phenolic OH excluding ortho intramolecular Hbond substituents is 1. The Labute approximate surface area is 280 Å². The molecule has 2 saturated heterocycles. The summed E-state index contributed by atoms with van der Waals surface area (Å²) < 4.78 is 5.81. The van der Waals surface area contributed by atoms with E-state index in [1.165, 1.54) is 4.90 Å². The summed E-state index contributed by atoms with van der Waals surface area (Å²) >= 11 is 0. The Morgan fingerprint density at radius 2 is 1.60 bits per heavy atom. The number of rotatable bonds is 6. The second-order valence-corrected chi connectivity index (χ2v) is 14.4. The minimum absolute atomic E-state index is 0.114. The first kappa shape index (κ1) is 31.7. The van der Waals surface area contributed by atoms with Gasteiger partial charge in [-0.25, -0.2) is 0 Å². The number of hydrogen-bond acceptors (Lipinski definition) is 7. The van der Waals surface area contributed by atoms with Gasteiger partial charge in [-0.15, -0.1) is 0 Å². The Bertz CT molecular complexity index is 1850. The molecule has 3 aromatic rings. The van der Waals surface area contributed by atoms with Crippen molar-refractivity contribution in [2.45, 2.75) is 64.3 Å². The number of carbonyl (C=O) groups is 4. The molecule has 9 heteroatoms. The van der Waals surface area contributed by atoms with Gasteiger partial charge in [0.1, 0.15) is 0 Å². The van der Waals surface area contributed by atoms with E-state index in [1.807, 2.05) is 95.3 Å². The van der Waals surface area contributed by atoms with Crippen LogP contribution in [0.4, 0.5) is 5.69 Å². The van der Waals surface area contributed by atoms with Crippen LogP contribution < -0.4 is 10.2 Å². The van der Waals surface area contributed by atoms with Crippen molar-refractivity contribution in [1.82, 2.24) is 9.91 Å². The summed E-state index contributed by atoms with van der Waals surface area (Å²) in [4.78, 5) is 59.4. The third kappa shape index (κ3) is 4.50. The molecule has 1 saturated carbocycles. The Hall–Kier alpha value is -4.92. The third-order valence-electron chi connectivity index (χ3n) is 10.7. The fourth-order valence-electron chi connectivity index (χ4n) is 8.80. The molecule has 3 fully saturated rings. The number of carbonyl (C=O) groups excluding carboxylic acids is 4. The van der Waals surface area contributed by atoms with E-state index in [0.29, 0.717) is 29.8 Å². The summed E-state index contributed by atoms with van der Waals surface area (Å²) in [5.41, 5.74) is 4.39. The first-order valence-corrected chi connectivity index (χ1v) is 16.7. The number of hydrogen-bond donors (Lipinski definition) is 2. The summed E-state index contributed by atoms with van der Waals surface area (Å²) in [7, 11) is 0. The zero-order valence-electron chi connectivity index (χ0n) is 27.9. The fraction of sp³-hybridized carbons (Fsp3) is 0.385. The van der Waals surface area contributed by atoms with Gasteiger partial charge >= 0.3 is 0 Å². The molecule has 6 atom stereocenters. The quantitative estimate of drug-likeness (QED) is 0.254. The number of fused-ring (bicyclic) bond motifs is 4. The van der Waals surface area contributed by atoms with Crippen molar-refractivity contribution < 1.29 is 29.0 Å². The van der Waals surface area contributed by atoms with Crippen LogP contribution in [0.3, 0.4) is 0 Å². The number of aromatic hydroxyl groups is 1. The Morgan fingerprint density at radius 3 is 2.27 bits per heavy atom. The molecule has 0 spiro atoms. The van der Waals surface area contributed by atoms with Crippen LogP contribution in [0.2, 0.25) is 0 Å². The number of para-hydroxylation sites is 1. The SMILES string of the molecule is CCOc1cccc([C@H]2C3=CC[C@@H]4C(=O)N(C(C)(C)C)C(=O)[C@@H]4[C@@H]3C[C@H]3C(=O)N(Nc4ccc(C)cc4)C(=O)[C@@]23c2ccccc2)c1O. The van der Waals surface area contributed by atoms with Gasteiger partial charge in [0.15, 0.2) is 11.5 Å². The van der Waals surface area contributed by atoms with Gasteiger partial charge < -0.3 is 9.84 Å². The van der Waals surface area contributed by atoms with Crippen molar-refractivity contribution in [3.05, 3.63) is 101 Å². The molecule has 0 radical (unpaired) electrons. The topological polar surface area (TPSA) is 116 Å². The number of ether oxygens (including phenoxy) is 1. The van der Waals surface area contributed by atoms with Crippen molar-refractivity contribution in [3.63, 3.8) is 0 Å². The highest BCUT2D eigenvalue weighted by atomic mass is 16.5. The third-order valence-corrected chi connectivity index (χ3v) is 10.7. The molecule has 7 rings (SSSR count). The van der Waals surface area contributed by atoms with E-state index in [-0.39, 0.29) is 29.7 Å². The number of anilines is 1. The number of phenols is 1. The van der Waals surface area contributed by atoms with Crippen molar-refractivity contribution in [2.24, 2.45) is 23.7 Å². The van der Waals surface area contributed by atoms with E-state index in [2.05, 4.69) is 5.43 Å². The maximum absolute atomic E-state index is 15.2. The van der Waals surface area contributed by atoms with E-state index in [9.17, 15) is 19.5 Å².